The number of carboxylic acid groups (broad SMARTS) is 1. The number of hydrogen-bond acceptors (Lipinski definition) is 2. The molecule has 3 unspecified atom stereocenters. The van der Waals surface area contributed by atoms with Crippen molar-refractivity contribution in [1.82, 2.24) is 0 Å². The number of aliphatic carboxylic acids is 1. The molecule has 0 bridgehead atoms. The van der Waals surface area contributed by atoms with E-state index in [9.17, 15) is 4.79 Å². The zero-order valence-corrected chi connectivity index (χ0v) is 12.3. The summed E-state index contributed by atoms with van der Waals surface area (Å²) >= 11 is 12.1. The SMILES string of the molecule is COc1c(Cl)cc(Cl)cc1CC(C)C1CC1C(=O)O. The molecule has 0 radical (unpaired) electrons. The highest BCUT2D eigenvalue weighted by molar-refractivity contribution is 6.35. The van der Waals surface area contributed by atoms with Crippen molar-refractivity contribution in [1.29, 1.82) is 0 Å². The number of carboxylic acids is 1. The van der Waals surface area contributed by atoms with Gasteiger partial charge < -0.3 is 9.84 Å². The number of benzene rings is 1. The van der Waals surface area contributed by atoms with Gasteiger partial charge in [0.2, 0.25) is 0 Å². The minimum Gasteiger partial charge on any atom is -0.495 e. The lowest BCUT2D eigenvalue weighted by Crippen LogP contribution is -2.09. The van der Waals surface area contributed by atoms with E-state index in [1.54, 1.807) is 13.2 Å². The van der Waals surface area contributed by atoms with Crippen molar-refractivity contribution in [2.75, 3.05) is 7.11 Å². The van der Waals surface area contributed by atoms with Crippen LogP contribution in [0.2, 0.25) is 10.0 Å². The number of halogens is 2. The summed E-state index contributed by atoms with van der Waals surface area (Å²) in [7, 11) is 1.57. The first-order valence-corrected chi connectivity index (χ1v) is 6.94. The molecule has 0 heterocycles. The van der Waals surface area contributed by atoms with Crippen LogP contribution in [0.5, 0.6) is 5.75 Å². The summed E-state index contributed by atoms with van der Waals surface area (Å²) in [5, 5.41) is 10.0. The second kappa shape index (κ2) is 5.59. The van der Waals surface area contributed by atoms with Crippen molar-refractivity contribution in [2.24, 2.45) is 17.8 Å². The minimum atomic E-state index is -0.701. The molecule has 19 heavy (non-hydrogen) atoms. The Morgan fingerprint density at radius 2 is 2.21 bits per heavy atom. The molecule has 0 saturated heterocycles. The molecule has 1 aliphatic carbocycles. The van der Waals surface area contributed by atoms with Crippen LogP contribution in [0.3, 0.4) is 0 Å². The molecular formula is C14H16Cl2O3. The molecule has 1 saturated carbocycles. The fourth-order valence-corrected chi connectivity index (χ4v) is 3.23. The third kappa shape index (κ3) is 3.15. The van der Waals surface area contributed by atoms with Gasteiger partial charge in [0.25, 0.3) is 0 Å². The summed E-state index contributed by atoms with van der Waals surface area (Å²) in [6.07, 6.45) is 1.48. The van der Waals surface area contributed by atoms with Crippen molar-refractivity contribution in [3.63, 3.8) is 0 Å². The fourth-order valence-electron chi connectivity index (χ4n) is 2.62. The first-order valence-electron chi connectivity index (χ1n) is 6.18. The first kappa shape index (κ1) is 14.5. The third-order valence-electron chi connectivity index (χ3n) is 3.72. The molecule has 0 aliphatic heterocycles. The van der Waals surface area contributed by atoms with Crippen LogP contribution in [-0.4, -0.2) is 18.2 Å². The summed E-state index contributed by atoms with van der Waals surface area (Å²) in [5.41, 5.74) is 0.934. The maximum Gasteiger partial charge on any atom is 0.306 e. The molecule has 1 fully saturated rings. The van der Waals surface area contributed by atoms with E-state index in [-0.39, 0.29) is 17.8 Å². The second-order valence-electron chi connectivity index (χ2n) is 5.11. The van der Waals surface area contributed by atoms with Gasteiger partial charge in [-0.2, -0.15) is 0 Å². The van der Waals surface area contributed by atoms with Gasteiger partial charge in [-0.05, 0) is 42.4 Å². The van der Waals surface area contributed by atoms with Gasteiger partial charge in [0, 0.05) is 5.02 Å². The first-order chi connectivity index (χ1) is 8.93. The van der Waals surface area contributed by atoms with Crippen LogP contribution in [0, 0.1) is 17.8 Å². The van der Waals surface area contributed by atoms with Crippen LogP contribution in [0.1, 0.15) is 18.9 Å². The van der Waals surface area contributed by atoms with E-state index >= 15 is 0 Å². The molecule has 1 aromatic rings. The lowest BCUT2D eigenvalue weighted by molar-refractivity contribution is -0.139. The Hall–Kier alpha value is -0.930. The van der Waals surface area contributed by atoms with E-state index in [1.165, 1.54) is 0 Å². The van der Waals surface area contributed by atoms with E-state index in [2.05, 4.69) is 6.92 Å². The van der Waals surface area contributed by atoms with Crippen LogP contribution in [0.4, 0.5) is 0 Å². The molecule has 104 valence electrons. The number of rotatable bonds is 5. The van der Waals surface area contributed by atoms with Gasteiger partial charge in [0.15, 0.2) is 0 Å². The average molecular weight is 303 g/mol. The van der Waals surface area contributed by atoms with E-state index in [0.29, 0.717) is 15.8 Å². The summed E-state index contributed by atoms with van der Waals surface area (Å²) in [5.74, 6) is 0.235. The molecule has 1 N–H and O–H groups in total. The quantitative estimate of drug-likeness (QED) is 0.897. The highest BCUT2D eigenvalue weighted by Gasteiger charge is 2.46. The zero-order valence-electron chi connectivity index (χ0n) is 10.8. The Bertz CT molecular complexity index is 502. The highest BCUT2D eigenvalue weighted by Crippen LogP contribution is 2.46. The van der Waals surface area contributed by atoms with Gasteiger partial charge in [-0.25, -0.2) is 0 Å². The standard InChI is InChI=1S/C14H16Cl2O3/c1-7(10-6-11(10)14(17)18)3-8-4-9(15)5-12(16)13(8)19-2/h4-5,7,10-11H,3,6H2,1-2H3,(H,17,18). The smallest absolute Gasteiger partial charge is 0.306 e. The van der Waals surface area contributed by atoms with Crippen LogP contribution < -0.4 is 4.74 Å². The van der Waals surface area contributed by atoms with E-state index in [4.69, 9.17) is 33.0 Å². The van der Waals surface area contributed by atoms with Crippen LogP contribution in [0.25, 0.3) is 0 Å². The minimum absolute atomic E-state index is 0.198. The Kier molecular flexibility index (Phi) is 4.26. The van der Waals surface area contributed by atoms with Crippen LogP contribution >= 0.6 is 23.2 Å². The largest absolute Gasteiger partial charge is 0.495 e. The Morgan fingerprint density at radius 3 is 2.74 bits per heavy atom. The van der Waals surface area contributed by atoms with Crippen molar-refractivity contribution in [3.05, 3.63) is 27.7 Å². The predicted octanol–water partition coefficient (Wildman–Crippen LogP) is 3.90. The molecule has 3 atom stereocenters. The normalized spacial score (nSPS) is 22.9. The zero-order chi connectivity index (χ0) is 14.2. The van der Waals surface area contributed by atoms with Gasteiger partial charge in [0.1, 0.15) is 5.75 Å². The number of carbonyl (C=O) groups is 1. The molecule has 1 aromatic carbocycles. The van der Waals surface area contributed by atoms with Crippen LogP contribution in [0.15, 0.2) is 12.1 Å². The average Bonchev–Trinajstić information content (AvgIpc) is 3.08. The van der Waals surface area contributed by atoms with E-state index in [1.807, 2.05) is 6.07 Å². The monoisotopic (exact) mass is 302 g/mol. The summed E-state index contributed by atoms with van der Waals surface area (Å²) < 4.78 is 5.30. The predicted molar refractivity (Wildman–Crippen MR) is 75.1 cm³/mol. The van der Waals surface area contributed by atoms with Gasteiger partial charge in [-0.1, -0.05) is 30.1 Å². The Morgan fingerprint density at radius 1 is 1.53 bits per heavy atom. The van der Waals surface area contributed by atoms with Gasteiger partial charge >= 0.3 is 5.97 Å². The molecule has 3 nitrogen and oxygen atoms in total. The molecule has 1 aliphatic rings. The van der Waals surface area contributed by atoms with Gasteiger partial charge in [-0.3, -0.25) is 4.79 Å². The number of methoxy groups -OCH3 is 1. The highest BCUT2D eigenvalue weighted by atomic mass is 35.5. The molecule has 2 rings (SSSR count). The number of hydrogen-bond donors (Lipinski definition) is 1. The summed E-state index contributed by atoms with van der Waals surface area (Å²) in [6, 6.07) is 3.48. The second-order valence-corrected chi connectivity index (χ2v) is 5.95. The van der Waals surface area contributed by atoms with Gasteiger partial charge in [-0.15, -0.1) is 0 Å². The Balaban J connectivity index is 2.13. The molecular weight excluding hydrogens is 287 g/mol. The summed E-state index contributed by atoms with van der Waals surface area (Å²) in [6.45, 7) is 2.06. The lowest BCUT2D eigenvalue weighted by atomic mass is 9.95. The van der Waals surface area contributed by atoms with Gasteiger partial charge in [0.05, 0.1) is 18.1 Å². The molecule has 0 spiro atoms. The molecule has 5 heteroatoms. The van der Waals surface area contributed by atoms with E-state index < -0.39 is 5.97 Å². The maximum atomic E-state index is 10.9. The van der Waals surface area contributed by atoms with Crippen LogP contribution in [-0.2, 0) is 11.2 Å². The molecule has 0 amide bonds. The maximum absolute atomic E-state index is 10.9. The van der Waals surface area contributed by atoms with Crippen molar-refractivity contribution < 1.29 is 14.6 Å². The van der Waals surface area contributed by atoms with Crippen molar-refractivity contribution in [3.8, 4) is 5.75 Å². The molecule has 0 aromatic heterocycles. The fraction of sp³-hybridized carbons (Fsp3) is 0.500. The third-order valence-corrected chi connectivity index (χ3v) is 4.22. The van der Waals surface area contributed by atoms with Crippen molar-refractivity contribution >= 4 is 29.2 Å². The topological polar surface area (TPSA) is 46.5 Å². The lowest BCUT2D eigenvalue weighted by Gasteiger charge is -2.15. The summed E-state index contributed by atoms with van der Waals surface area (Å²) in [4.78, 5) is 10.9. The van der Waals surface area contributed by atoms with E-state index in [0.717, 1.165) is 18.4 Å². The number of ether oxygens (including phenoxy) is 1. The Labute approximate surface area is 122 Å². The van der Waals surface area contributed by atoms with Crippen molar-refractivity contribution in [2.45, 2.75) is 19.8 Å².